The maximum absolute atomic E-state index is 11.6. The smallest absolute Gasteiger partial charge is 0.191 e. The number of nitrogens with one attached hydrogen (secondary N) is 2. The van der Waals surface area contributed by atoms with Crippen molar-refractivity contribution >= 4 is 15.8 Å². The van der Waals surface area contributed by atoms with Gasteiger partial charge in [-0.25, -0.2) is 13.4 Å². The number of aliphatic hydroxyl groups is 1. The van der Waals surface area contributed by atoms with E-state index in [0.717, 1.165) is 18.6 Å². The quantitative estimate of drug-likeness (QED) is 0.468. The highest BCUT2D eigenvalue weighted by Crippen LogP contribution is 2.46. The van der Waals surface area contributed by atoms with Crippen molar-refractivity contribution in [3.63, 3.8) is 0 Å². The molecule has 0 bridgehead atoms. The van der Waals surface area contributed by atoms with Gasteiger partial charge in [0.15, 0.2) is 5.96 Å². The van der Waals surface area contributed by atoms with Gasteiger partial charge in [-0.05, 0) is 45.7 Å². The van der Waals surface area contributed by atoms with Gasteiger partial charge in [0.1, 0.15) is 27.0 Å². The van der Waals surface area contributed by atoms with Gasteiger partial charge in [0.05, 0.1) is 12.3 Å². The van der Waals surface area contributed by atoms with Gasteiger partial charge >= 0.3 is 0 Å². The summed E-state index contributed by atoms with van der Waals surface area (Å²) in [5.74, 6) is 1.96. The van der Waals surface area contributed by atoms with Crippen LogP contribution in [0.2, 0.25) is 0 Å². The molecule has 1 aliphatic rings. The van der Waals surface area contributed by atoms with E-state index in [9.17, 15) is 13.5 Å². The highest BCUT2D eigenvalue weighted by atomic mass is 32.2. The van der Waals surface area contributed by atoms with Gasteiger partial charge in [0, 0.05) is 24.8 Å². The molecular formula is C17H29N3O4S. The van der Waals surface area contributed by atoms with Crippen LogP contribution in [0.5, 0.6) is 0 Å². The summed E-state index contributed by atoms with van der Waals surface area (Å²) in [5.41, 5.74) is -1.40. The Labute approximate surface area is 149 Å². The van der Waals surface area contributed by atoms with Crippen molar-refractivity contribution in [3.05, 3.63) is 23.7 Å². The maximum atomic E-state index is 11.6. The van der Waals surface area contributed by atoms with Crippen molar-refractivity contribution in [1.82, 2.24) is 10.6 Å². The third-order valence-electron chi connectivity index (χ3n) is 4.32. The largest absolute Gasteiger partial charge is 0.463 e. The average molecular weight is 372 g/mol. The summed E-state index contributed by atoms with van der Waals surface area (Å²) in [7, 11) is -3.00. The number of nitrogens with zero attached hydrogens (tertiary/aromatic N) is 1. The molecule has 1 heterocycles. The molecule has 1 aliphatic carbocycles. The fourth-order valence-corrected chi connectivity index (χ4v) is 4.26. The van der Waals surface area contributed by atoms with Crippen LogP contribution >= 0.6 is 0 Å². The molecule has 0 radical (unpaired) electrons. The van der Waals surface area contributed by atoms with Crippen LogP contribution in [0.1, 0.15) is 38.2 Å². The first-order chi connectivity index (χ1) is 11.6. The number of guanidine groups is 1. The van der Waals surface area contributed by atoms with Crippen LogP contribution in [-0.2, 0) is 15.4 Å². The Bertz CT molecular complexity index is 718. The van der Waals surface area contributed by atoms with Crippen molar-refractivity contribution in [2.24, 2.45) is 10.4 Å². The molecule has 1 fully saturated rings. The van der Waals surface area contributed by atoms with Gasteiger partial charge < -0.3 is 20.2 Å². The topological polar surface area (TPSA) is 104 Å². The fourth-order valence-electron chi connectivity index (χ4n) is 2.75. The fraction of sp³-hybridized carbons (Fsp3) is 0.706. The molecule has 2 rings (SSSR count). The Kier molecular flexibility index (Phi) is 5.83. The Morgan fingerprint density at radius 3 is 2.56 bits per heavy atom. The lowest BCUT2D eigenvalue weighted by atomic mass is 10.0. The molecular weight excluding hydrogens is 342 g/mol. The van der Waals surface area contributed by atoms with Crippen LogP contribution in [0, 0.1) is 12.3 Å². The van der Waals surface area contributed by atoms with Gasteiger partial charge in [-0.3, -0.25) is 0 Å². The second-order valence-corrected chi connectivity index (χ2v) is 9.44. The first-order valence-corrected chi connectivity index (χ1v) is 10.6. The Balaban J connectivity index is 1.99. The first kappa shape index (κ1) is 19.8. The predicted molar refractivity (Wildman–Crippen MR) is 98.4 cm³/mol. The van der Waals surface area contributed by atoms with Gasteiger partial charge in [-0.2, -0.15) is 0 Å². The van der Waals surface area contributed by atoms with Crippen molar-refractivity contribution in [3.8, 4) is 0 Å². The number of hydrogen-bond donors (Lipinski definition) is 3. The molecule has 8 heteroatoms. The number of hydrogen-bond acceptors (Lipinski definition) is 5. The molecule has 1 atom stereocenters. The lowest BCUT2D eigenvalue weighted by Crippen LogP contribution is -2.42. The van der Waals surface area contributed by atoms with Crippen LogP contribution < -0.4 is 10.6 Å². The molecule has 1 aromatic rings. The van der Waals surface area contributed by atoms with E-state index in [1.807, 2.05) is 13.8 Å². The van der Waals surface area contributed by atoms with Crippen molar-refractivity contribution < 1.29 is 17.9 Å². The van der Waals surface area contributed by atoms with E-state index in [-0.39, 0.29) is 17.7 Å². The highest BCUT2D eigenvalue weighted by Gasteiger charge is 2.45. The average Bonchev–Trinajstić information content (AvgIpc) is 3.08. The molecule has 1 saturated carbocycles. The minimum atomic E-state index is -3.00. The van der Waals surface area contributed by atoms with Crippen LogP contribution in [0.3, 0.4) is 0 Å². The first-order valence-electron chi connectivity index (χ1n) is 8.54. The van der Waals surface area contributed by atoms with Crippen LogP contribution in [0.25, 0.3) is 0 Å². The summed E-state index contributed by atoms with van der Waals surface area (Å²) in [6.45, 7) is 6.79. The zero-order chi connectivity index (χ0) is 18.7. The Morgan fingerprint density at radius 2 is 2.08 bits per heavy atom. The monoisotopic (exact) mass is 371 g/mol. The van der Waals surface area contributed by atoms with Crippen molar-refractivity contribution in [2.45, 2.75) is 39.2 Å². The van der Waals surface area contributed by atoms with Crippen LogP contribution in [0.4, 0.5) is 0 Å². The minimum absolute atomic E-state index is 0.133. The lowest BCUT2D eigenvalue weighted by molar-refractivity contribution is 0.0428. The number of aryl methyl sites for hydroxylation is 1. The Morgan fingerprint density at radius 1 is 1.40 bits per heavy atom. The summed E-state index contributed by atoms with van der Waals surface area (Å²) in [5, 5.41) is 16.9. The summed E-state index contributed by atoms with van der Waals surface area (Å²) in [6.07, 6.45) is 3.07. The van der Waals surface area contributed by atoms with Gasteiger partial charge in [0.25, 0.3) is 0 Å². The molecule has 3 N–H and O–H groups in total. The maximum Gasteiger partial charge on any atom is 0.191 e. The zero-order valence-electron chi connectivity index (χ0n) is 15.4. The summed E-state index contributed by atoms with van der Waals surface area (Å²) in [4.78, 5) is 4.43. The molecule has 0 saturated heterocycles. The van der Waals surface area contributed by atoms with E-state index in [1.54, 1.807) is 19.1 Å². The molecule has 1 aromatic heterocycles. The molecule has 142 valence electrons. The number of aliphatic imine (C=N–C) groups is 1. The van der Waals surface area contributed by atoms with Crippen LogP contribution in [0.15, 0.2) is 21.5 Å². The zero-order valence-corrected chi connectivity index (χ0v) is 16.2. The number of sulfone groups is 1. The predicted octanol–water partition coefficient (Wildman–Crippen LogP) is 1.18. The molecule has 25 heavy (non-hydrogen) atoms. The van der Waals surface area contributed by atoms with Crippen molar-refractivity contribution in [2.75, 3.05) is 31.6 Å². The summed E-state index contributed by atoms with van der Waals surface area (Å²) in [6, 6.07) is 3.55. The van der Waals surface area contributed by atoms with E-state index in [2.05, 4.69) is 15.6 Å². The van der Waals surface area contributed by atoms with E-state index >= 15 is 0 Å². The molecule has 0 aliphatic heterocycles. The van der Waals surface area contributed by atoms with E-state index in [4.69, 9.17) is 4.42 Å². The third kappa shape index (κ3) is 6.04. The molecule has 1 unspecified atom stereocenters. The molecule has 0 spiro atoms. The number of rotatable bonds is 8. The summed E-state index contributed by atoms with van der Waals surface area (Å²) >= 11 is 0. The SMILES string of the molecule is CCNC(=NCC(C)(O)c1ccc(C)o1)NCC1(CS(C)(=O)=O)CC1. The highest BCUT2D eigenvalue weighted by molar-refractivity contribution is 7.90. The lowest BCUT2D eigenvalue weighted by Gasteiger charge is -2.21. The van der Waals surface area contributed by atoms with Crippen LogP contribution in [-0.4, -0.2) is 51.1 Å². The molecule has 0 amide bonds. The van der Waals surface area contributed by atoms with E-state index in [1.165, 1.54) is 6.26 Å². The second kappa shape index (κ2) is 7.37. The number of furan rings is 1. The van der Waals surface area contributed by atoms with Crippen molar-refractivity contribution in [1.29, 1.82) is 0 Å². The van der Waals surface area contributed by atoms with Gasteiger partial charge in [-0.15, -0.1) is 0 Å². The van der Waals surface area contributed by atoms with E-state index < -0.39 is 15.4 Å². The Hall–Kier alpha value is -1.54. The van der Waals surface area contributed by atoms with Gasteiger partial charge in [0.2, 0.25) is 0 Å². The van der Waals surface area contributed by atoms with Gasteiger partial charge in [-0.1, -0.05) is 0 Å². The standard InChI is InChI=1S/C17H29N3O4S/c1-5-18-15(20-11-17(8-9-17)12-25(4,22)23)19-10-16(3,21)14-7-6-13(2)24-14/h6-7,21H,5,8-12H2,1-4H3,(H2,18,19,20). The minimum Gasteiger partial charge on any atom is -0.463 e. The molecule has 7 nitrogen and oxygen atoms in total. The second-order valence-electron chi connectivity index (χ2n) is 7.30. The molecule has 0 aromatic carbocycles. The third-order valence-corrected chi connectivity index (χ3v) is 5.45. The normalized spacial score (nSPS) is 19.3. The summed E-state index contributed by atoms with van der Waals surface area (Å²) < 4.78 is 28.6. The van der Waals surface area contributed by atoms with E-state index in [0.29, 0.717) is 24.8 Å².